The normalized spacial score (nSPS) is 12.2. The molecule has 2 aromatic rings. The van der Waals surface area contributed by atoms with E-state index in [1.807, 2.05) is 38.1 Å². The van der Waals surface area contributed by atoms with Crippen LogP contribution in [-0.4, -0.2) is 50.5 Å². The van der Waals surface area contributed by atoms with Crippen LogP contribution in [0.25, 0.3) is 0 Å². The van der Waals surface area contributed by atoms with Gasteiger partial charge in [-0.05, 0) is 62.1 Å². The third kappa shape index (κ3) is 9.09. The molecule has 1 N–H and O–H groups in total. The number of unbranched alkanes of at least 4 members (excludes halogenated alkanes) is 1. The molecule has 198 valence electrons. The molecule has 0 fully saturated rings. The Kier molecular flexibility index (Phi) is 11.7. The van der Waals surface area contributed by atoms with E-state index in [1.54, 1.807) is 30.0 Å². The number of hydrogen-bond acceptors (Lipinski definition) is 4. The minimum Gasteiger partial charge on any atom is -0.354 e. The number of aryl methyl sites for hydroxylation is 1. The lowest BCUT2D eigenvalue weighted by molar-refractivity contribution is -0.140. The standard InChI is InChI=1S/C26H35BrClN3O4S/c1-5-6-15-29-26(33)20(3)30(18-21-10-12-22(27)13-11-21)25(32)8-7-16-31(36(4,34)35)24-17-23(28)14-9-19(24)2/h9-14,17,20H,5-8,15-16,18H2,1-4H3,(H,29,33)/t20-/m1/s1. The maximum Gasteiger partial charge on any atom is 0.242 e. The summed E-state index contributed by atoms with van der Waals surface area (Å²) in [5.41, 5.74) is 2.16. The van der Waals surface area contributed by atoms with Crippen molar-refractivity contribution in [3.63, 3.8) is 0 Å². The van der Waals surface area contributed by atoms with Crippen molar-refractivity contribution in [1.82, 2.24) is 10.2 Å². The third-order valence-corrected chi connectivity index (χ3v) is 7.80. The molecule has 0 bridgehead atoms. The molecule has 2 amide bonds. The SMILES string of the molecule is CCCCNC(=O)[C@@H](C)N(Cc1ccc(Br)cc1)C(=O)CCCN(c1cc(Cl)ccc1C)S(C)(=O)=O. The molecule has 0 saturated carbocycles. The monoisotopic (exact) mass is 599 g/mol. The largest absolute Gasteiger partial charge is 0.354 e. The minimum absolute atomic E-state index is 0.0920. The highest BCUT2D eigenvalue weighted by atomic mass is 79.9. The van der Waals surface area contributed by atoms with Crippen LogP contribution in [0.4, 0.5) is 5.69 Å². The molecule has 0 heterocycles. The van der Waals surface area contributed by atoms with Crippen molar-refractivity contribution >= 4 is 55.1 Å². The maximum atomic E-state index is 13.3. The zero-order valence-electron chi connectivity index (χ0n) is 21.3. The summed E-state index contributed by atoms with van der Waals surface area (Å²) in [6, 6.07) is 12.0. The van der Waals surface area contributed by atoms with Gasteiger partial charge in [-0.3, -0.25) is 13.9 Å². The van der Waals surface area contributed by atoms with Gasteiger partial charge >= 0.3 is 0 Å². The van der Waals surface area contributed by atoms with E-state index in [1.165, 1.54) is 4.31 Å². The van der Waals surface area contributed by atoms with Crippen molar-refractivity contribution in [2.24, 2.45) is 0 Å². The van der Waals surface area contributed by atoms with Gasteiger partial charge in [0.1, 0.15) is 6.04 Å². The van der Waals surface area contributed by atoms with E-state index in [2.05, 4.69) is 21.2 Å². The summed E-state index contributed by atoms with van der Waals surface area (Å²) >= 11 is 9.52. The van der Waals surface area contributed by atoms with Crippen LogP contribution < -0.4 is 9.62 Å². The van der Waals surface area contributed by atoms with Gasteiger partial charge in [0.25, 0.3) is 0 Å². The summed E-state index contributed by atoms with van der Waals surface area (Å²) in [5, 5.41) is 3.33. The van der Waals surface area contributed by atoms with Gasteiger partial charge in [-0.25, -0.2) is 8.42 Å². The predicted molar refractivity (Wildman–Crippen MR) is 150 cm³/mol. The quantitative estimate of drug-likeness (QED) is 0.317. The molecule has 0 aliphatic carbocycles. The molecule has 0 aromatic heterocycles. The van der Waals surface area contributed by atoms with E-state index in [0.717, 1.165) is 34.7 Å². The number of benzene rings is 2. The number of nitrogens with one attached hydrogen (secondary N) is 1. The summed E-state index contributed by atoms with van der Waals surface area (Å²) in [7, 11) is -3.59. The maximum absolute atomic E-state index is 13.3. The number of amides is 2. The number of carbonyl (C=O) groups excluding carboxylic acids is 2. The first-order valence-corrected chi connectivity index (χ1v) is 15.0. The second-order valence-corrected chi connectivity index (χ2v) is 12.1. The van der Waals surface area contributed by atoms with Crippen molar-refractivity contribution in [2.75, 3.05) is 23.7 Å². The number of anilines is 1. The summed E-state index contributed by atoms with van der Waals surface area (Å²) < 4.78 is 27.3. The van der Waals surface area contributed by atoms with Crippen molar-refractivity contribution in [3.8, 4) is 0 Å². The van der Waals surface area contributed by atoms with Gasteiger partial charge in [-0.1, -0.05) is 59.1 Å². The van der Waals surface area contributed by atoms with E-state index in [9.17, 15) is 18.0 Å². The van der Waals surface area contributed by atoms with Crippen LogP contribution in [0.1, 0.15) is 50.7 Å². The lowest BCUT2D eigenvalue weighted by atomic mass is 10.1. The van der Waals surface area contributed by atoms with Crippen molar-refractivity contribution in [2.45, 2.75) is 59.0 Å². The molecule has 0 unspecified atom stereocenters. The third-order valence-electron chi connectivity index (χ3n) is 5.86. The number of rotatable bonds is 13. The van der Waals surface area contributed by atoms with Gasteiger partial charge in [0, 0.05) is 35.6 Å². The van der Waals surface area contributed by atoms with Gasteiger partial charge < -0.3 is 10.2 Å². The van der Waals surface area contributed by atoms with Gasteiger partial charge in [0.15, 0.2) is 0 Å². The first-order chi connectivity index (χ1) is 16.9. The number of hydrogen-bond donors (Lipinski definition) is 1. The Morgan fingerprint density at radius 1 is 1.11 bits per heavy atom. The van der Waals surface area contributed by atoms with Crippen LogP contribution in [0.15, 0.2) is 46.9 Å². The number of nitrogens with zero attached hydrogens (tertiary/aromatic N) is 2. The van der Waals surface area contributed by atoms with E-state index >= 15 is 0 Å². The van der Waals surface area contributed by atoms with Crippen LogP contribution in [0.2, 0.25) is 5.02 Å². The molecule has 0 spiro atoms. The minimum atomic E-state index is -3.59. The van der Waals surface area contributed by atoms with Crippen LogP contribution >= 0.6 is 27.5 Å². The lowest BCUT2D eigenvalue weighted by Gasteiger charge is -2.29. The van der Waals surface area contributed by atoms with Crippen molar-refractivity contribution in [3.05, 3.63) is 63.1 Å². The number of halogens is 2. The van der Waals surface area contributed by atoms with Gasteiger partial charge in [-0.15, -0.1) is 0 Å². The highest BCUT2D eigenvalue weighted by Gasteiger charge is 2.26. The second kappa shape index (κ2) is 14.0. The molecule has 36 heavy (non-hydrogen) atoms. The topological polar surface area (TPSA) is 86.8 Å². The van der Waals surface area contributed by atoms with Crippen molar-refractivity contribution in [1.29, 1.82) is 0 Å². The van der Waals surface area contributed by atoms with E-state index < -0.39 is 16.1 Å². The van der Waals surface area contributed by atoms with E-state index in [0.29, 0.717) is 23.7 Å². The molecule has 1 atom stereocenters. The van der Waals surface area contributed by atoms with Crippen LogP contribution in [0.5, 0.6) is 0 Å². The van der Waals surface area contributed by atoms with Crippen molar-refractivity contribution < 1.29 is 18.0 Å². The van der Waals surface area contributed by atoms with Crippen LogP contribution in [0, 0.1) is 6.92 Å². The van der Waals surface area contributed by atoms with Gasteiger partial charge in [-0.2, -0.15) is 0 Å². The molecule has 0 radical (unpaired) electrons. The summed E-state index contributed by atoms with van der Waals surface area (Å²) in [6.07, 6.45) is 3.34. The van der Waals surface area contributed by atoms with Gasteiger partial charge in [0.2, 0.25) is 21.8 Å². The average molecular weight is 601 g/mol. The predicted octanol–water partition coefficient (Wildman–Crippen LogP) is 5.29. The van der Waals surface area contributed by atoms with E-state index in [4.69, 9.17) is 11.6 Å². The van der Waals surface area contributed by atoms with Crippen LogP contribution in [0.3, 0.4) is 0 Å². The number of sulfonamides is 1. The molecule has 2 rings (SSSR count). The fraction of sp³-hybridized carbons (Fsp3) is 0.462. The van der Waals surface area contributed by atoms with E-state index in [-0.39, 0.29) is 31.3 Å². The zero-order chi connectivity index (χ0) is 26.9. The Bertz CT molecular complexity index is 1140. The number of carbonyl (C=O) groups is 2. The Hall–Kier alpha value is -2.10. The Morgan fingerprint density at radius 3 is 2.39 bits per heavy atom. The molecule has 2 aromatic carbocycles. The molecule has 10 heteroatoms. The Labute approximate surface area is 228 Å². The molecule has 0 saturated heterocycles. The lowest BCUT2D eigenvalue weighted by Crippen LogP contribution is -2.48. The molecular formula is C26H35BrClN3O4S. The molecule has 0 aliphatic rings. The highest BCUT2D eigenvalue weighted by molar-refractivity contribution is 9.10. The Morgan fingerprint density at radius 2 is 1.78 bits per heavy atom. The fourth-order valence-corrected chi connectivity index (χ4v) is 5.18. The second-order valence-electron chi connectivity index (χ2n) is 8.84. The first kappa shape index (κ1) is 30.1. The smallest absolute Gasteiger partial charge is 0.242 e. The van der Waals surface area contributed by atoms with Crippen LogP contribution in [-0.2, 0) is 26.2 Å². The summed E-state index contributed by atoms with van der Waals surface area (Å²) in [6.45, 7) is 6.53. The molecule has 0 aliphatic heterocycles. The van der Waals surface area contributed by atoms with Gasteiger partial charge in [0.05, 0.1) is 11.9 Å². The fourth-order valence-electron chi connectivity index (χ4n) is 3.74. The summed E-state index contributed by atoms with van der Waals surface area (Å²) in [5.74, 6) is -0.423. The average Bonchev–Trinajstić information content (AvgIpc) is 2.82. The zero-order valence-corrected chi connectivity index (χ0v) is 24.4. The Balaban J connectivity index is 2.17. The summed E-state index contributed by atoms with van der Waals surface area (Å²) in [4.78, 5) is 27.6. The molecular weight excluding hydrogens is 566 g/mol. The molecule has 7 nitrogen and oxygen atoms in total. The first-order valence-electron chi connectivity index (χ1n) is 12.0. The highest BCUT2D eigenvalue weighted by Crippen LogP contribution is 2.27.